The molecule has 0 aliphatic carbocycles. The van der Waals surface area contributed by atoms with Gasteiger partial charge in [-0.3, -0.25) is 37.3 Å². The molecule has 0 aromatic rings. The summed E-state index contributed by atoms with van der Waals surface area (Å²) in [6.07, 6.45) is 52.9. The fraction of sp³-hybridized carbons (Fsp3) is 0.943. The summed E-state index contributed by atoms with van der Waals surface area (Å²) >= 11 is 0. The molecule has 528 valence electrons. The Kier molecular flexibility index (Phi) is 63.3. The van der Waals surface area contributed by atoms with E-state index in [4.69, 9.17) is 37.0 Å². The molecule has 0 aliphatic heterocycles. The largest absolute Gasteiger partial charge is 0.472 e. The molecule has 0 saturated heterocycles. The average Bonchev–Trinajstić information content (AvgIpc) is 3.61. The molecule has 0 saturated carbocycles. The van der Waals surface area contributed by atoms with E-state index in [2.05, 4.69) is 27.7 Å². The highest BCUT2D eigenvalue weighted by Crippen LogP contribution is 2.45. The topological polar surface area (TPSA) is 237 Å². The van der Waals surface area contributed by atoms with Gasteiger partial charge in [-0.05, 0) is 25.7 Å². The Bertz CT molecular complexity index is 1710. The number of aliphatic hydroxyl groups is 1. The predicted octanol–water partition coefficient (Wildman–Crippen LogP) is 20.3. The van der Waals surface area contributed by atoms with Crippen LogP contribution in [0, 0.1) is 0 Å². The number of esters is 4. The quantitative estimate of drug-likeness (QED) is 0.0222. The Hall–Kier alpha value is -1.94. The number of carbonyl (C=O) groups is 4. The van der Waals surface area contributed by atoms with Crippen molar-refractivity contribution in [3.63, 3.8) is 0 Å². The maximum absolute atomic E-state index is 13.0. The highest BCUT2D eigenvalue weighted by Gasteiger charge is 2.30. The lowest BCUT2D eigenvalue weighted by molar-refractivity contribution is -0.161. The monoisotopic (exact) mass is 1310 g/mol. The van der Waals surface area contributed by atoms with Crippen LogP contribution in [0.25, 0.3) is 0 Å². The minimum atomic E-state index is -4.95. The molecule has 0 amide bonds. The normalized spacial score (nSPS) is 14.0. The molecule has 0 rings (SSSR count). The second kappa shape index (κ2) is 64.8. The predicted molar refractivity (Wildman–Crippen MR) is 359 cm³/mol. The van der Waals surface area contributed by atoms with Crippen LogP contribution in [0.3, 0.4) is 0 Å². The maximum Gasteiger partial charge on any atom is 0.472 e. The number of aliphatic hydroxyl groups excluding tert-OH is 1. The van der Waals surface area contributed by atoms with Gasteiger partial charge in [0.1, 0.15) is 19.3 Å². The number of rotatable bonds is 71. The first-order valence-electron chi connectivity index (χ1n) is 36.8. The molecule has 19 heteroatoms. The van der Waals surface area contributed by atoms with E-state index in [0.717, 1.165) is 103 Å². The minimum Gasteiger partial charge on any atom is -0.462 e. The lowest BCUT2D eigenvalue weighted by Gasteiger charge is -2.21. The minimum absolute atomic E-state index is 0.105. The molecule has 0 aromatic heterocycles. The number of unbranched alkanes of at least 4 members (excludes halogenated alkanes) is 45. The summed E-state index contributed by atoms with van der Waals surface area (Å²) in [6.45, 7) is 4.89. The van der Waals surface area contributed by atoms with E-state index >= 15 is 0 Å². The molecule has 5 atom stereocenters. The van der Waals surface area contributed by atoms with Gasteiger partial charge in [0.2, 0.25) is 0 Å². The third kappa shape index (κ3) is 64.6. The van der Waals surface area contributed by atoms with Crippen molar-refractivity contribution in [2.75, 3.05) is 39.6 Å². The lowest BCUT2D eigenvalue weighted by Crippen LogP contribution is -2.30. The number of phosphoric ester groups is 2. The smallest absolute Gasteiger partial charge is 0.462 e. The first-order valence-corrected chi connectivity index (χ1v) is 39.8. The van der Waals surface area contributed by atoms with E-state index in [-0.39, 0.29) is 25.7 Å². The Morgan fingerprint density at radius 3 is 0.663 bits per heavy atom. The van der Waals surface area contributed by atoms with Crippen molar-refractivity contribution >= 4 is 39.5 Å². The standard InChI is InChI=1S/C70H136O17P2/c1-5-9-13-17-21-25-27-29-31-32-33-34-35-37-39-41-45-49-53-57-70(75)87-66(61-81-68(73)55-51-47-44-40-38-36-30-28-26-22-18-14-10-6-2)63-85-89(78,79)83-59-64(71)58-82-88(76,77)84-62-65(86-69(74)56-52-48-43-24-20-16-12-8-4)60-80-67(72)54-50-46-42-23-19-15-11-7-3/h64-66,71H,5-63H2,1-4H3,(H,76,77)(H,78,79)/t64-,65+,66+/m0/s1. The van der Waals surface area contributed by atoms with Crippen molar-refractivity contribution in [2.24, 2.45) is 0 Å². The maximum atomic E-state index is 13.0. The number of ether oxygens (including phenoxy) is 4. The fourth-order valence-electron chi connectivity index (χ4n) is 10.7. The summed E-state index contributed by atoms with van der Waals surface area (Å²) in [5.74, 6) is -2.13. The van der Waals surface area contributed by atoms with Crippen molar-refractivity contribution in [2.45, 2.75) is 386 Å². The summed E-state index contributed by atoms with van der Waals surface area (Å²) in [7, 11) is -9.89. The Labute approximate surface area is 543 Å². The van der Waals surface area contributed by atoms with Gasteiger partial charge < -0.3 is 33.8 Å². The van der Waals surface area contributed by atoms with Crippen molar-refractivity contribution in [3.8, 4) is 0 Å². The van der Waals surface area contributed by atoms with Gasteiger partial charge in [-0.2, -0.15) is 0 Å². The van der Waals surface area contributed by atoms with E-state index in [1.54, 1.807) is 0 Å². The van der Waals surface area contributed by atoms with Crippen LogP contribution in [0.4, 0.5) is 0 Å². The van der Waals surface area contributed by atoms with E-state index < -0.39 is 97.5 Å². The lowest BCUT2D eigenvalue weighted by atomic mass is 10.0. The van der Waals surface area contributed by atoms with Crippen molar-refractivity contribution < 1.29 is 80.2 Å². The zero-order valence-corrected chi connectivity index (χ0v) is 59.2. The van der Waals surface area contributed by atoms with Crippen LogP contribution < -0.4 is 0 Å². The Morgan fingerprint density at radius 2 is 0.449 bits per heavy atom. The van der Waals surface area contributed by atoms with Crippen LogP contribution in [0.15, 0.2) is 0 Å². The summed E-state index contributed by atoms with van der Waals surface area (Å²) < 4.78 is 68.1. The number of hydrogen-bond acceptors (Lipinski definition) is 15. The zero-order valence-electron chi connectivity index (χ0n) is 57.4. The first-order chi connectivity index (χ1) is 43.2. The van der Waals surface area contributed by atoms with Crippen LogP contribution >= 0.6 is 15.6 Å². The van der Waals surface area contributed by atoms with Gasteiger partial charge in [0.05, 0.1) is 26.4 Å². The number of hydrogen-bond donors (Lipinski definition) is 3. The molecule has 3 N–H and O–H groups in total. The third-order valence-electron chi connectivity index (χ3n) is 16.4. The van der Waals surface area contributed by atoms with E-state index in [0.29, 0.717) is 25.7 Å². The molecule has 0 heterocycles. The van der Waals surface area contributed by atoms with Gasteiger partial charge in [-0.15, -0.1) is 0 Å². The molecular formula is C70H136O17P2. The van der Waals surface area contributed by atoms with Gasteiger partial charge in [0.15, 0.2) is 12.2 Å². The molecule has 0 bridgehead atoms. The van der Waals surface area contributed by atoms with E-state index in [9.17, 15) is 43.2 Å². The van der Waals surface area contributed by atoms with Crippen LogP contribution in [0.1, 0.15) is 368 Å². The van der Waals surface area contributed by atoms with Gasteiger partial charge in [0.25, 0.3) is 0 Å². The summed E-state index contributed by atoms with van der Waals surface area (Å²) in [4.78, 5) is 72.3. The molecule has 17 nitrogen and oxygen atoms in total. The van der Waals surface area contributed by atoms with Gasteiger partial charge in [0, 0.05) is 25.7 Å². The van der Waals surface area contributed by atoms with Crippen LogP contribution in [0.5, 0.6) is 0 Å². The fourth-order valence-corrected chi connectivity index (χ4v) is 12.3. The van der Waals surface area contributed by atoms with Crippen LogP contribution in [-0.2, 0) is 65.4 Å². The third-order valence-corrected chi connectivity index (χ3v) is 18.3. The molecule has 2 unspecified atom stereocenters. The average molecular weight is 1310 g/mol. The second-order valence-corrected chi connectivity index (χ2v) is 28.2. The SMILES string of the molecule is CCCCCCCCCCCCCCCCCCCCCC(=O)O[C@H](COC(=O)CCCCCCCCCCCCCCCC)COP(=O)(O)OC[C@@H](O)COP(=O)(O)OC[C@@H](COC(=O)CCCCCCCCCC)OC(=O)CCCCCCCCCC. The zero-order chi connectivity index (χ0) is 65.4. The number of carbonyl (C=O) groups excluding carboxylic acids is 4. The van der Waals surface area contributed by atoms with Gasteiger partial charge in [-0.1, -0.05) is 317 Å². The Balaban J connectivity index is 5.16. The number of phosphoric acid groups is 2. The van der Waals surface area contributed by atoms with Crippen molar-refractivity contribution in [3.05, 3.63) is 0 Å². The Morgan fingerprint density at radius 1 is 0.270 bits per heavy atom. The summed E-state index contributed by atoms with van der Waals surface area (Å²) in [6, 6.07) is 0. The first kappa shape index (κ1) is 87.1. The highest BCUT2D eigenvalue weighted by molar-refractivity contribution is 7.47. The second-order valence-electron chi connectivity index (χ2n) is 25.3. The molecule has 0 radical (unpaired) electrons. The molecule has 0 spiro atoms. The van der Waals surface area contributed by atoms with Gasteiger partial charge >= 0.3 is 39.5 Å². The summed E-state index contributed by atoms with van der Waals surface area (Å²) in [5, 5.41) is 10.6. The molecule has 0 aromatic carbocycles. The highest BCUT2D eigenvalue weighted by atomic mass is 31.2. The van der Waals surface area contributed by atoms with E-state index in [1.165, 1.54) is 186 Å². The summed E-state index contributed by atoms with van der Waals surface area (Å²) in [5.41, 5.74) is 0. The van der Waals surface area contributed by atoms with Crippen molar-refractivity contribution in [1.29, 1.82) is 0 Å². The van der Waals surface area contributed by atoms with Crippen LogP contribution in [-0.4, -0.2) is 96.7 Å². The van der Waals surface area contributed by atoms with Crippen molar-refractivity contribution in [1.82, 2.24) is 0 Å². The van der Waals surface area contributed by atoms with E-state index in [1.807, 2.05) is 0 Å². The molecule has 0 aliphatic rings. The molecule has 89 heavy (non-hydrogen) atoms. The van der Waals surface area contributed by atoms with Crippen LogP contribution in [0.2, 0.25) is 0 Å². The molecule has 0 fully saturated rings. The van der Waals surface area contributed by atoms with Gasteiger partial charge in [-0.25, -0.2) is 9.13 Å². The molecular weight excluding hydrogens is 1170 g/mol.